The van der Waals surface area contributed by atoms with Crippen LogP contribution in [0.15, 0.2) is 18.3 Å². The van der Waals surface area contributed by atoms with Gasteiger partial charge in [0.15, 0.2) is 0 Å². The number of piperazine rings is 1. The minimum atomic E-state index is -4.12. The first kappa shape index (κ1) is 13.9. The third-order valence-electron chi connectivity index (χ3n) is 4.03. The van der Waals surface area contributed by atoms with Gasteiger partial charge in [-0.15, -0.1) is 0 Å². The first-order valence-electron chi connectivity index (χ1n) is 6.61. The van der Waals surface area contributed by atoms with Gasteiger partial charge in [-0.25, -0.2) is 4.98 Å². The van der Waals surface area contributed by atoms with E-state index in [4.69, 9.17) is 11.6 Å². The summed E-state index contributed by atoms with van der Waals surface area (Å²) in [5.74, 6) is 0.790. The highest BCUT2D eigenvalue weighted by Gasteiger charge is 2.45. The maximum Gasteiger partial charge on any atom is 0.401 e. The summed E-state index contributed by atoms with van der Waals surface area (Å²) in [6.07, 6.45) is -0.905. The van der Waals surface area contributed by atoms with Crippen molar-refractivity contribution in [2.24, 2.45) is 0 Å². The molecule has 1 aromatic rings. The third-order valence-corrected chi connectivity index (χ3v) is 4.25. The van der Waals surface area contributed by atoms with Crippen molar-refractivity contribution in [2.45, 2.75) is 31.1 Å². The standard InChI is InChI=1S/C13H15ClF3N3/c14-9-1-4-12(18-5-9)19-6-10-2-3-11(7-19)20(10)8-13(15,16)17/h1,4-5,10-11H,2-3,6-8H2. The number of halogens is 4. The van der Waals surface area contributed by atoms with Crippen molar-refractivity contribution < 1.29 is 13.2 Å². The molecule has 110 valence electrons. The molecule has 0 N–H and O–H groups in total. The zero-order valence-electron chi connectivity index (χ0n) is 10.8. The van der Waals surface area contributed by atoms with Crippen molar-refractivity contribution in [3.8, 4) is 0 Å². The lowest BCUT2D eigenvalue weighted by Gasteiger charge is -2.41. The predicted octanol–water partition coefficient (Wildman–Crippen LogP) is 2.95. The number of pyridine rings is 1. The molecule has 0 spiro atoms. The van der Waals surface area contributed by atoms with Crippen molar-refractivity contribution in [3.05, 3.63) is 23.4 Å². The van der Waals surface area contributed by atoms with Crippen molar-refractivity contribution in [1.82, 2.24) is 9.88 Å². The summed E-state index contributed by atoms with van der Waals surface area (Å²) in [6.45, 7) is 0.395. The smallest absolute Gasteiger partial charge is 0.353 e. The van der Waals surface area contributed by atoms with Crippen LogP contribution in [0.5, 0.6) is 0 Å². The lowest BCUT2D eigenvalue weighted by atomic mass is 10.2. The number of anilines is 1. The highest BCUT2D eigenvalue weighted by Crippen LogP contribution is 2.34. The Balaban J connectivity index is 1.72. The zero-order valence-corrected chi connectivity index (χ0v) is 11.5. The van der Waals surface area contributed by atoms with Crippen LogP contribution in [-0.2, 0) is 0 Å². The fourth-order valence-electron chi connectivity index (χ4n) is 3.20. The molecule has 2 bridgehead atoms. The Morgan fingerprint density at radius 1 is 1.20 bits per heavy atom. The van der Waals surface area contributed by atoms with E-state index in [9.17, 15) is 13.2 Å². The first-order chi connectivity index (χ1) is 9.42. The Morgan fingerprint density at radius 3 is 2.35 bits per heavy atom. The molecule has 3 heterocycles. The highest BCUT2D eigenvalue weighted by molar-refractivity contribution is 6.30. The van der Waals surface area contributed by atoms with Gasteiger partial charge >= 0.3 is 6.18 Å². The number of rotatable bonds is 2. The average Bonchev–Trinajstić information content (AvgIpc) is 2.61. The van der Waals surface area contributed by atoms with Gasteiger partial charge in [-0.05, 0) is 25.0 Å². The van der Waals surface area contributed by atoms with Crippen LogP contribution < -0.4 is 4.90 Å². The fraction of sp³-hybridized carbons (Fsp3) is 0.615. The SMILES string of the molecule is FC(F)(F)CN1C2CCC1CN(c1ccc(Cl)cn1)C2. The summed E-state index contributed by atoms with van der Waals surface area (Å²) < 4.78 is 37.8. The van der Waals surface area contributed by atoms with E-state index >= 15 is 0 Å². The second-order valence-corrected chi connectivity index (χ2v) is 5.85. The molecule has 7 heteroatoms. The lowest BCUT2D eigenvalue weighted by molar-refractivity contribution is -0.153. The zero-order chi connectivity index (χ0) is 14.3. The molecule has 1 aromatic heterocycles. The summed E-state index contributed by atoms with van der Waals surface area (Å²) in [6, 6.07) is 3.51. The molecule has 3 nitrogen and oxygen atoms in total. The van der Waals surface area contributed by atoms with Gasteiger partial charge in [-0.2, -0.15) is 13.2 Å². The van der Waals surface area contributed by atoms with E-state index in [2.05, 4.69) is 9.88 Å². The molecule has 2 aliphatic rings. The van der Waals surface area contributed by atoms with Crippen LogP contribution in [0.1, 0.15) is 12.8 Å². The van der Waals surface area contributed by atoms with Crippen molar-refractivity contribution in [3.63, 3.8) is 0 Å². The van der Waals surface area contributed by atoms with Crippen LogP contribution in [0.3, 0.4) is 0 Å². The molecule has 2 aliphatic heterocycles. The van der Waals surface area contributed by atoms with E-state index in [0.29, 0.717) is 18.1 Å². The van der Waals surface area contributed by atoms with Crippen LogP contribution in [0.4, 0.5) is 19.0 Å². The lowest BCUT2D eigenvalue weighted by Crippen LogP contribution is -2.56. The van der Waals surface area contributed by atoms with E-state index in [0.717, 1.165) is 18.7 Å². The highest BCUT2D eigenvalue weighted by atomic mass is 35.5. The molecule has 0 radical (unpaired) electrons. The van der Waals surface area contributed by atoms with Crippen LogP contribution in [0.2, 0.25) is 5.02 Å². The summed E-state index contributed by atoms with van der Waals surface area (Å²) in [5.41, 5.74) is 0. The maximum absolute atomic E-state index is 12.6. The Morgan fingerprint density at radius 2 is 1.85 bits per heavy atom. The number of alkyl halides is 3. The molecule has 2 unspecified atom stereocenters. The molecular formula is C13H15ClF3N3. The normalized spacial score (nSPS) is 27.1. The quantitative estimate of drug-likeness (QED) is 0.837. The van der Waals surface area contributed by atoms with Crippen LogP contribution in [0.25, 0.3) is 0 Å². The van der Waals surface area contributed by atoms with Crippen LogP contribution in [-0.4, -0.2) is 47.8 Å². The molecular weight excluding hydrogens is 291 g/mol. The largest absolute Gasteiger partial charge is 0.401 e. The monoisotopic (exact) mass is 305 g/mol. The molecule has 0 saturated carbocycles. The van der Waals surface area contributed by atoms with E-state index in [1.54, 1.807) is 17.2 Å². The summed E-state index contributed by atoms with van der Waals surface area (Å²) >= 11 is 5.80. The molecule has 2 saturated heterocycles. The van der Waals surface area contributed by atoms with Gasteiger partial charge in [0, 0.05) is 31.4 Å². The maximum atomic E-state index is 12.6. The minimum absolute atomic E-state index is 0.0344. The Bertz CT molecular complexity index is 463. The number of hydrogen-bond acceptors (Lipinski definition) is 3. The van der Waals surface area contributed by atoms with E-state index in [-0.39, 0.29) is 12.1 Å². The summed E-state index contributed by atoms with van der Waals surface area (Å²) in [4.78, 5) is 7.92. The third kappa shape index (κ3) is 2.86. The number of hydrogen-bond donors (Lipinski definition) is 0. The molecule has 0 aromatic carbocycles. The van der Waals surface area contributed by atoms with Crippen LogP contribution in [0, 0.1) is 0 Å². The summed E-state index contributed by atoms with van der Waals surface area (Å²) in [7, 11) is 0. The van der Waals surface area contributed by atoms with Gasteiger partial charge in [0.25, 0.3) is 0 Å². The number of fused-ring (bicyclic) bond motifs is 2. The molecule has 2 fully saturated rings. The van der Waals surface area contributed by atoms with Crippen molar-refractivity contribution >= 4 is 17.4 Å². The Kier molecular flexibility index (Phi) is 3.54. The van der Waals surface area contributed by atoms with Gasteiger partial charge in [0.1, 0.15) is 5.82 Å². The average molecular weight is 306 g/mol. The van der Waals surface area contributed by atoms with Gasteiger partial charge in [-0.1, -0.05) is 11.6 Å². The number of aromatic nitrogens is 1. The Hall–Kier alpha value is -1.01. The van der Waals surface area contributed by atoms with Crippen LogP contribution >= 0.6 is 11.6 Å². The molecule has 0 aliphatic carbocycles. The van der Waals surface area contributed by atoms with E-state index in [1.165, 1.54) is 0 Å². The van der Waals surface area contributed by atoms with Gasteiger partial charge in [-0.3, -0.25) is 4.90 Å². The van der Waals surface area contributed by atoms with Gasteiger partial charge in [0.2, 0.25) is 0 Å². The summed E-state index contributed by atoms with van der Waals surface area (Å²) in [5, 5.41) is 0.562. The second kappa shape index (κ2) is 5.07. The number of nitrogens with zero attached hydrogens (tertiary/aromatic N) is 3. The topological polar surface area (TPSA) is 19.4 Å². The molecule has 0 amide bonds. The van der Waals surface area contributed by atoms with Gasteiger partial charge in [0.05, 0.1) is 11.6 Å². The van der Waals surface area contributed by atoms with Crippen molar-refractivity contribution in [1.29, 1.82) is 0 Å². The molecule has 20 heavy (non-hydrogen) atoms. The fourth-order valence-corrected chi connectivity index (χ4v) is 3.31. The van der Waals surface area contributed by atoms with Gasteiger partial charge < -0.3 is 4.90 Å². The molecule has 2 atom stereocenters. The van der Waals surface area contributed by atoms with E-state index in [1.807, 2.05) is 6.07 Å². The Labute approximate surface area is 120 Å². The second-order valence-electron chi connectivity index (χ2n) is 5.41. The van der Waals surface area contributed by atoms with Crippen molar-refractivity contribution in [2.75, 3.05) is 24.5 Å². The molecule has 3 rings (SSSR count). The predicted molar refractivity (Wildman–Crippen MR) is 71.0 cm³/mol. The minimum Gasteiger partial charge on any atom is -0.353 e. The van der Waals surface area contributed by atoms with E-state index < -0.39 is 12.7 Å². The first-order valence-corrected chi connectivity index (χ1v) is 6.99.